The van der Waals surface area contributed by atoms with E-state index in [9.17, 15) is 4.79 Å². The normalized spacial score (nSPS) is 23.9. The average Bonchev–Trinajstić information content (AvgIpc) is 2.91. The Labute approximate surface area is 142 Å². The van der Waals surface area contributed by atoms with Crippen LogP contribution in [-0.4, -0.2) is 26.5 Å². The van der Waals surface area contributed by atoms with Crippen molar-refractivity contribution in [2.75, 3.05) is 16.8 Å². The van der Waals surface area contributed by atoms with Gasteiger partial charge >= 0.3 is 0 Å². The maximum Gasteiger partial charge on any atom is 0.232 e. The molecule has 1 saturated heterocycles. The molecule has 0 atom stereocenters. The molecule has 2 spiro atoms. The van der Waals surface area contributed by atoms with Gasteiger partial charge in [0.2, 0.25) is 5.91 Å². The molecule has 6 heteroatoms. The van der Waals surface area contributed by atoms with Crippen molar-refractivity contribution in [3.05, 3.63) is 22.3 Å². The highest BCUT2D eigenvalue weighted by Crippen LogP contribution is 2.66. The van der Waals surface area contributed by atoms with Crippen molar-refractivity contribution in [1.29, 1.82) is 0 Å². The number of fused-ring (bicyclic) bond motifs is 1. The molecule has 3 aliphatic rings. The SMILES string of the molecule is CC.O=C1Nc2ncc(Br)cc2CC12CC1(C2)SCCS1. The molecule has 0 bridgehead atoms. The summed E-state index contributed by atoms with van der Waals surface area (Å²) < 4.78 is 1.31. The van der Waals surface area contributed by atoms with Crippen LogP contribution in [0.5, 0.6) is 0 Å². The molecular formula is C15H19BrN2OS2. The van der Waals surface area contributed by atoms with E-state index in [1.165, 1.54) is 11.5 Å². The van der Waals surface area contributed by atoms with Crippen molar-refractivity contribution in [2.24, 2.45) is 5.41 Å². The number of carbonyl (C=O) groups is 1. The third-order valence-electron chi connectivity index (χ3n) is 4.20. The largest absolute Gasteiger partial charge is 0.310 e. The highest BCUT2D eigenvalue weighted by molar-refractivity contribution is 9.10. The number of anilines is 1. The van der Waals surface area contributed by atoms with E-state index in [2.05, 4.69) is 32.3 Å². The molecule has 3 nitrogen and oxygen atoms in total. The number of nitrogens with zero attached hydrogens (tertiary/aromatic N) is 1. The Bertz CT molecular complexity index is 565. The lowest BCUT2D eigenvalue weighted by molar-refractivity contribution is -0.131. The van der Waals surface area contributed by atoms with E-state index in [1.54, 1.807) is 6.20 Å². The van der Waals surface area contributed by atoms with Crippen molar-refractivity contribution >= 4 is 51.2 Å². The molecule has 4 rings (SSSR count). The summed E-state index contributed by atoms with van der Waals surface area (Å²) in [5.74, 6) is 3.37. The van der Waals surface area contributed by atoms with Crippen LogP contribution in [0.4, 0.5) is 5.82 Å². The first-order valence-electron chi connectivity index (χ1n) is 7.35. The van der Waals surface area contributed by atoms with Gasteiger partial charge in [0, 0.05) is 22.2 Å². The van der Waals surface area contributed by atoms with E-state index in [4.69, 9.17) is 0 Å². The minimum Gasteiger partial charge on any atom is -0.310 e. The Balaban J connectivity index is 0.000000636. The molecule has 2 aliphatic heterocycles. The molecule has 21 heavy (non-hydrogen) atoms. The number of aromatic nitrogens is 1. The van der Waals surface area contributed by atoms with Gasteiger partial charge in [0.25, 0.3) is 0 Å². The number of halogens is 1. The van der Waals surface area contributed by atoms with E-state index in [-0.39, 0.29) is 11.3 Å². The van der Waals surface area contributed by atoms with E-state index >= 15 is 0 Å². The lowest BCUT2D eigenvalue weighted by atomic mass is 9.62. The number of carbonyl (C=O) groups excluding carboxylic acids is 1. The summed E-state index contributed by atoms with van der Waals surface area (Å²) in [6, 6.07) is 2.09. The number of pyridine rings is 1. The topological polar surface area (TPSA) is 42.0 Å². The second-order valence-corrected chi connectivity index (χ2v) is 9.66. The van der Waals surface area contributed by atoms with Crippen molar-refractivity contribution in [3.8, 4) is 0 Å². The number of thioether (sulfide) groups is 2. The molecule has 1 saturated carbocycles. The summed E-state index contributed by atoms with van der Waals surface area (Å²) in [6.45, 7) is 4.00. The van der Waals surface area contributed by atoms with Crippen molar-refractivity contribution < 1.29 is 4.79 Å². The van der Waals surface area contributed by atoms with Crippen LogP contribution in [0.1, 0.15) is 32.3 Å². The monoisotopic (exact) mass is 386 g/mol. The van der Waals surface area contributed by atoms with Gasteiger partial charge in [-0.05, 0) is 46.8 Å². The fraction of sp³-hybridized carbons (Fsp3) is 0.600. The zero-order valence-corrected chi connectivity index (χ0v) is 15.5. The lowest BCUT2D eigenvalue weighted by Gasteiger charge is -2.53. The highest BCUT2D eigenvalue weighted by Gasteiger charge is 2.61. The smallest absolute Gasteiger partial charge is 0.232 e. The molecule has 1 aliphatic carbocycles. The fourth-order valence-corrected chi connectivity index (χ4v) is 7.52. The van der Waals surface area contributed by atoms with Gasteiger partial charge in [0.05, 0.1) is 9.49 Å². The zero-order chi connectivity index (χ0) is 15.1. The van der Waals surface area contributed by atoms with Crippen LogP contribution in [0.2, 0.25) is 0 Å². The molecule has 1 N–H and O–H groups in total. The number of rotatable bonds is 0. The minimum atomic E-state index is -0.181. The predicted octanol–water partition coefficient (Wildman–Crippen LogP) is 4.32. The first-order valence-corrected chi connectivity index (χ1v) is 10.1. The Morgan fingerprint density at radius 1 is 1.29 bits per heavy atom. The molecule has 2 fully saturated rings. The van der Waals surface area contributed by atoms with Gasteiger partial charge in [0.1, 0.15) is 5.82 Å². The molecule has 3 heterocycles. The Morgan fingerprint density at radius 3 is 2.62 bits per heavy atom. The average molecular weight is 387 g/mol. The number of amides is 1. The summed E-state index contributed by atoms with van der Waals surface area (Å²) in [5.41, 5.74) is 0.983. The molecule has 1 amide bonds. The maximum absolute atomic E-state index is 12.4. The van der Waals surface area contributed by atoms with E-state index in [0.717, 1.165) is 35.1 Å². The highest BCUT2D eigenvalue weighted by atomic mass is 79.9. The van der Waals surface area contributed by atoms with Crippen LogP contribution in [0.15, 0.2) is 16.7 Å². The summed E-state index contributed by atoms with van der Waals surface area (Å²) in [6.07, 6.45) is 4.59. The van der Waals surface area contributed by atoms with Crippen molar-refractivity contribution in [1.82, 2.24) is 4.98 Å². The Kier molecular flexibility index (Phi) is 4.32. The Morgan fingerprint density at radius 2 is 1.95 bits per heavy atom. The third-order valence-corrected chi connectivity index (χ3v) is 8.05. The minimum absolute atomic E-state index is 0.175. The van der Waals surface area contributed by atoms with Crippen molar-refractivity contribution in [2.45, 2.75) is 37.2 Å². The van der Waals surface area contributed by atoms with Gasteiger partial charge in [-0.1, -0.05) is 13.8 Å². The van der Waals surface area contributed by atoms with Gasteiger partial charge in [0.15, 0.2) is 0 Å². The van der Waals surface area contributed by atoms with Gasteiger partial charge in [-0.2, -0.15) is 0 Å². The quantitative estimate of drug-likeness (QED) is 0.720. The molecule has 1 aromatic rings. The second kappa shape index (κ2) is 5.78. The zero-order valence-electron chi connectivity index (χ0n) is 12.2. The van der Waals surface area contributed by atoms with Crippen LogP contribution < -0.4 is 5.32 Å². The number of hydrogen-bond donors (Lipinski definition) is 1. The molecule has 114 valence electrons. The number of nitrogens with one attached hydrogen (secondary N) is 1. The second-order valence-electron chi connectivity index (χ2n) is 5.53. The first-order chi connectivity index (χ1) is 10.1. The van der Waals surface area contributed by atoms with Crippen LogP contribution >= 0.6 is 39.5 Å². The molecule has 0 radical (unpaired) electrons. The van der Waals surface area contributed by atoms with Gasteiger partial charge in [-0.3, -0.25) is 4.79 Å². The van der Waals surface area contributed by atoms with Gasteiger partial charge < -0.3 is 5.32 Å². The van der Waals surface area contributed by atoms with E-state index in [1.807, 2.05) is 37.4 Å². The molecule has 0 aromatic carbocycles. The van der Waals surface area contributed by atoms with Gasteiger partial charge in [-0.25, -0.2) is 4.98 Å². The Hall–Kier alpha value is -0.200. The standard InChI is InChI=1S/C13H13BrN2OS2.C2H6/c14-9-3-8-4-12(11(17)16-10(8)15-5-9)6-13(7-12)18-1-2-19-13;1-2/h3,5H,1-2,4,6-7H2,(H,15,16,17);1-2H3. The van der Waals surface area contributed by atoms with Crippen LogP contribution in [0, 0.1) is 5.41 Å². The third kappa shape index (κ3) is 2.63. The number of hydrogen-bond acceptors (Lipinski definition) is 4. The van der Waals surface area contributed by atoms with E-state index < -0.39 is 0 Å². The fourth-order valence-electron chi connectivity index (χ4n) is 3.38. The van der Waals surface area contributed by atoms with Gasteiger partial charge in [-0.15, -0.1) is 23.5 Å². The lowest BCUT2D eigenvalue weighted by Crippen LogP contribution is -2.56. The molecule has 0 unspecified atom stereocenters. The summed E-state index contributed by atoms with van der Waals surface area (Å²) in [7, 11) is 0. The van der Waals surface area contributed by atoms with Crippen molar-refractivity contribution in [3.63, 3.8) is 0 Å². The summed E-state index contributed by atoms with van der Waals surface area (Å²) in [5, 5.41) is 3.00. The molecule has 1 aromatic heterocycles. The van der Waals surface area contributed by atoms with Crippen LogP contribution in [0.3, 0.4) is 0 Å². The summed E-state index contributed by atoms with van der Waals surface area (Å²) >= 11 is 7.55. The van der Waals surface area contributed by atoms with E-state index in [0.29, 0.717) is 4.08 Å². The first kappa shape index (κ1) is 15.7. The maximum atomic E-state index is 12.4. The molecular weight excluding hydrogens is 368 g/mol. The van der Waals surface area contributed by atoms with Crippen LogP contribution in [0.25, 0.3) is 0 Å². The summed E-state index contributed by atoms with van der Waals surface area (Å²) in [4.78, 5) is 16.7. The van der Waals surface area contributed by atoms with Crippen LogP contribution in [-0.2, 0) is 11.2 Å². The predicted molar refractivity (Wildman–Crippen MR) is 94.9 cm³/mol.